The Morgan fingerprint density at radius 3 is 2.68 bits per heavy atom. The van der Waals surface area contributed by atoms with E-state index in [1.165, 1.54) is 12.1 Å². The van der Waals surface area contributed by atoms with Gasteiger partial charge in [-0.2, -0.15) is 5.26 Å². The van der Waals surface area contributed by atoms with E-state index in [4.69, 9.17) is 11.0 Å². The molecular formula is C14H10FN3O. The van der Waals surface area contributed by atoms with Gasteiger partial charge in [0, 0.05) is 5.69 Å². The van der Waals surface area contributed by atoms with Crippen LogP contribution in [0.25, 0.3) is 0 Å². The molecular weight excluding hydrogens is 245 g/mol. The highest BCUT2D eigenvalue weighted by molar-refractivity contribution is 6.08. The number of nitriles is 1. The number of amides is 1. The van der Waals surface area contributed by atoms with E-state index in [0.717, 1.165) is 6.07 Å². The van der Waals surface area contributed by atoms with Crippen LogP contribution in [0, 0.1) is 17.1 Å². The Morgan fingerprint density at radius 1 is 1.26 bits per heavy atom. The standard InChI is InChI=1S/C14H10FN3O/c15-10-5-6-13(9(7-10)8-16)18-14(19)11-3-1-2-4-12(11)17/h1-7H,17H2,(H,18,19). The lowest BCUT2D eigenvalue weighted by Crippen LogP contribution is -2.14. The molecule has 1 amide bonds. The Kier molecular flexibility index (Phi) is 3.44. The molecule has 0 aliphatic heterocycles. The van der Waals surface area contributed by atoms with Crippen LogP contribution in [0.5, 0.6) is 0 Å². The van der Waals surface area contributed by atoms with Crippen molar-refractivity contribution < 1.29 is 9.18 Å². The van der Waals surface area contributed by atoms with Gasteiger partial charge in [-0.25, -0.2) is 4.39 Å². The fourth-order valence-corrected chi connectivity index (χ4v) is 1.61. The average Bonchev–Trinajstić information content (AvgIpc) is 2.41. The molecule has 0 aromatic heterocycles. The first-order chi connectivity index (χ1) is 9.11. The van der Waals surface area contributed by atoms with Crippen molar-refractivity contribution in [2.75, 3.05) is 11.1 Å². The number of carbonyl (C=O) groups excluding carboxylic acids is 1. The summed E-state index contributed by atoms with van der Waals surface area (Å²) in [7, 11) is 0. The van der Waals surface area contributed by atoms with Crippen molar-refractivity contribution in [1.82, 2.24) is 0 Å². The highest BCUT2D eigenvalue weighted by Gasteiger charge is 2.11. The highest BCUT2D eigenvalue weighted by Crippen LogP contribution is 2.18. The third-order valence-electron chi connectivity index (χ3n) is 2.56. The van der Waals surface area contributed by atoms with Crippen LogP contribution in [-0.2, 0) is 0 Å². The number of anilines is 2. The number of nitrogen functional groups attached to an aromatic ring is 1. The summed E-state index contributed by atoms with van der Waals surface area (Å²) >= 11 is 0. The average molecular weight is 255 g/mol. The molecule has 3 N–H and O–H groups in total. The lowest BCUT2D eigenvalue weighted by atomic mass is 10.1. The van der Waals surface area contributed by atoms with Gasteiger partial charge in [-0.05, 0) is 30.3 Å². The Morgan fingerprint density at radius 2 is 2.00 bits per heavy atom. The predicted octanol–water partition coefficient (Wildman–Crippen LogP) is 2.53. The van der Waals surface area contributed by atoms with Gasteiger partial charge in [0.15, 0.2) is 0 Å². The van der Waals surface area contributed by atoms with Crippen molar-refractivity contribution >= 4 is 17.3 Å². The third kappa shape index (κ3) is 2.69. The summed E-state index contributed by atoms with van der Waals surface area (Å²) in [6.45, 7) is 0. The molecule has 0 spiro atoms. The second kappa shape index (κ2) is 5.19. The summed E-state index contributed by atoms with van der Waals surface area (Å²) in [6.07, 6.45) is 0. The number of benzene rings is 2. The summed E-state index contributed by atoms with van der Waals surface area (Å²) in [5.41, 5.74) is 6.63. The zero-order valence-electron chi connectivity index (χ0n) is 9.85. The number of rotatable bonds is 2. The molecule has 2 rings (SSSR count). The lowest BCUT2D eigenvalue weighted by molar-refractivity contribution is 0.102. The van der Waals surface area contributed by atoms with Gasteiger partial charge < -0.3 is 11.1 Å². The number of nitrogens with two attached hydrogens (primary N) is 1. The van der Waals surface area contributed by atoms with E-state index >= 15 is 0 Å². The van der Waals surface area contributed by atoms with E-state index in [-0.39, 0.29) is 11.3 Å². The first kappa shape index (κ1) is 12.6. The van der Waals surface area contributed by atoms with E-state index in [2.05, 4.69) is 5.32 Å². The fourth-order valence-electron chi connectivity index (χ4n) is 1.61. The van der Waals surface area contributed by atoms with Gasteiger partial charge in [-0.3, -0.25) is 4.79 Å². The molecule has 0 saturated carbocycles. The van der Waals surface area contributed by atoms with Crippen LogP contribution >= 0.6 is 0 Å². The molecule has 0 fully saturated rings. The van der Waals surface area contributed by atoms with Gasteiger partial charge in [0.05, 0.1) is 16.8 Å². The molecule has 5 heteroatoms. The second-order valence-corrected chi connectivity index (χ2v) is 3.84. The quantitative estimate of drug-likeness (QED) is 0.809. The normalized spacial score (nSPS) is 9.68. The van der Waals surface area contributed by atoms with Gasteiger partial charge >= 0.3 is 0 Å². The van der Waals surface area contributed by atoms with Crippen molar-refractivity contribution in [1.29, 1.82) is 5.26 Å². The van der Waals surface area contributed by atoms with Crippen molar-refractivity contribution in [3.8, 4) is 6.07 Å². The molecule has 0 unspecified atom stereocenters. The number of halogens is 1. The minimum atomic E-state index is -0.534. The topological polar surface area (TPSA) is 78.9 Å². The first-order valence-corrected chi connectivity index (χ1v) is 5.47. The fraction of sp³-hybridized carbons (Fsp3) is 0. The molecule has 0 aliphatic carbocycles. The van der Waals surface area contributed by atoms with Crippen LogP contribution in [0.2, 0.25) is 0 Å². The maximum Gasteiger partial charge on any atom is 0.257 e. The van der Waals surface area contributed by atoms with Gasteiger partial charge in [0.1, 0.15) is 11.9 Å². The number of carbonyl (C=O) groups is 1. The summed E-state index contributed by atoms with van der Waals surface area (Å²) in [6, 6.07) is 12.0. The minimum absolute atomic E-state index is 0.0582. The minimum Gasteiger partial charge on any atom is -0.398 e. The van der Waals surface area contributed by atoms with Crippen LogP contribution < -0.4 is 11.1 Å². The van der Waals surface area contributed by atoms with Gasteiger partial charge in [-0.1, -0.05) is 12.1 Å². The zero-order valence-corrected chi connectivity index (χ0v) is 9.85. The van der Waals surface area contributed by atoms with Crippen molar-refractivity contribution in [3.63, 3.8) is 0 Å². The molecule has 2 aromatic rings. The number of para-hydroxylation sites is 1. The first-order valence-electron chi connectivity index (χ1n) is 5.47. The summed E-state index contributed by atoms with van der Waals surface area (Å²) in [5.74, 6) is -0.977. The molecule has 0 heterocycles. The van der Waals surface area contributed by atoms with E-state index in [9.17, 15) is 9.18 Å². The van der Waals surface area contributed by atoms with E-state index in [0.29, 0.717) is 11.3 Å². The SMILES string of the molecule is N#Cc1cc(F)ccc1NC(=O)c1ccccc1N. The Labute approximate surface area is 109 Å². The largest absolute Gasteiger partial charge is 0.398 e. The third-order valence-corrected chi connectivity index (χ3v) is 2.56. The van der Waals surface area contributed by atoms with E-state index in [1.54, 1.807) is 24.3 Å². The van der Waals surface area contributed by atoms with Gasteiger partial charge in [0.25, 0.3) is 5.91 Å². The molecule has 0 radical (unpaired) electrons. The zero-order chi connectivity index (χ0) is 13.8. The molecule has 0 aliphatic rings. The molecule has 19 heavy (non-hydrogen) atoms. The summed E-state index contributed by atoms with van der Waals surface area (Å²) in [4.78, 5) is 12.0. The smallest absolute Gasteiger partial charge is 0.257 e. The number of nitrogens with one attached hydrogen (secondary N) is 1. The van der Waals surface area contributed by atoms with Crippen LogP contribution in [0.3, 0.4) is 0 Å². The molecule has 0 saturated heterocycles. The Hall–Kier alpha value is -2.87. The molecule has 0 bridgehead atoms. The molecule has 0 atom stereocenters. The Bertz CT molecular complexity index is 677. The number of nitrogens with zero attached hydrogens (tertiary/aromatic N) is 1. The highest BCUT2D eigenvalue weighted by atomic mass is 19.1. The maximum absolute atomic E-state index is 13.0. The number of hydrogen-bond donors (Lipinski definition) is 2. The van der Waals surface area contributed by atoms with Crippen LogP contribution in [0.15, 0.2) is 42.5 Å². The van der Waals surface area contributed by atoms with Gasteiger partial charge in [0.2, 0.25) is 0 Å². The van der Waals surface area contributed by atoms with E-state index < -0.39 is 11.7 Å². The number of hydrogen-bond acceptors (Lipinski definition) is 3. The molecule has 94 valence electrons. The maximum atomic E-state index is 13.0. The van der Waals surface area contributed by atoms with Crippen LogP contribution in [-0.4, -0.2) is 5.91 Å². The summed E-state index contributed by atoms with van der Waals surface area (Å²) < 4.78 is 13.0. The van der Waals surface area contributed by atoms with E-state index in [1.807, 2.05) is 6.07 Å². The van der Waals surface area contributed by atoms with Crippen molar-refractivity contribution in [2.45, 2.75) is 0 Å². The second-order valence-electron chi connectivity index (χ2n) is 3.84. The monoisotopic (exact) mass is 255 g/mol. The predicted molar refractivity (Wildman–Crippen MR) is 69.9 cm³/mol. The van der Waals surface area contributed by atoms with Crippen LogP contribution in [0.4, 0.5) is 15.8 Å². The van der Waals surface area contributed by atoms with Crippen molar-refractivity contribution in [3.05, 3.63) is 59.4 Å². The molecule has 4 nitrogen and oxygen atoms in total. The van der Waals surface area contributed by atoms with Crippen molar-refractivity contribution in [2.24, 2.45) is 0 Å². The molecule has 2 aromatic carbocycles. The van der Waals surface area contributed by atoms with Gasteiger partial charge in [-0.15, -0.1) is 0 Å². The van der Waals surface area contributed by atoms with Crippen LogP contribution in [0.1, 0.15) is 15.9 Å². The lowest BCUT2D eigenvalue weighted by Gasteiger charge is -2.08. The Balaban J connectivity index is 2.30. The summed E-state index contributed by atoms with van der Waals surface area (Å²) in [5, 5.41) is 11.4.